The van der Waals surface area contributed by atoms with Gasteiger partial charge in [0.15, 0.2) is 0 Å². The van der Waals surface area contributed by atoms with Crippen LogP contribution in [0, 0.1) is 0 Å². The first kappa shape index (κ1) is 20.2. The second-order valence-electron chi connectivity index (χ2n) is 2.65. The van der Waals surface area contributed by atoms with E-state index < -0.39 is 35.7 Å². The van der Waals surface area contributed by atoms with Gasteiger partial charge in [-0.05, 0) is 18.2 Å². The zero-order valence-electron chi connectivity index (χ0n) is 9.15. The number of benzene rings is 1. The van der Waals surface area contributed by atoms with Gasteiger partial charge in [-0.15, -0.1) is 0 Å². The van der Waals surface area contributed by atoms with E-state index in [1.165, 1.54) is 0 Å². The number of hydrogen-bond donors (Lipinski definition) is 3. The predicted octanol–water partition coefficient (Wildman–Crippen LogP) is -0.999. The third kappa shape index (κ3) is 5.55. The maximum atomic E-state index is 10.7. The molecule has 0 aliphatic rings. The minimum absolute atomic E-state index is 0. The summed E-state index contributed by atoms with van der Waals surface area (Å²) < 4.78 is 59.9. The number of rotatable bonds is 2. The molecule has 0 saturated heterocycles. The molecular weight excluding hydrogens is 292 g/mol. The molecule has 2 radical (unpaired) electrons. The van der Waals surface area contributed by atoms with Crippen molar-refractivity contribution >= 4 is 85.0 Å². The average Bonchev–Trinajstić information content (AvgIpc) is 1.99. The number of anilines is 1. The van der Waals surface area contributed by atoms with Crippen LogP contribution in [0.3, 0.4) is 0 Å². The van der Waals surface area contributed by atoms with Crippen LogP contribution in [-0.4, -0.2) is 85.1 Å². The maximum absolute atomic E-state index is 10.7. The molecule has 86 valence electrons. The number of nitrogens with two attached hydrogens (primary N) is 1. The molecule has 7 nitrogen and oxygen atoms in total. The minimum Gasteiger partial charge on any atom is -0.398 e. The van der Waals surface area contributed by atoms with Crippen LogP contribution in [0.15, 0.2) is 28.0 Å². The smallest absolute Gasteiger partial charge is 0.296 e. The Morgan fingerprint density at radius 3 is 1.71 bits per heavy atom. The van der Waals surface area contributed by atoms with Gasteiger partial charge in [0.1, 0.15) is 4.90 Å². The van der Waals surface area contributed by atoms with Crippen molar-refractivity contribution in [3.63, 3.8) is 0 Å². The molecule has 1 aromatic rings. The van der Waals surface area contributed by atoms with Crippen molar-refractivity contribution in [1.82, 2.24) is 0 Å². The molecule has 0 fully saturated rings. The first-order chi connectivity index (χ1) is 6.62. The Kier molecular flexibility index (Phi) is 8.12. The predicted molar refractivity (Wildman–Crippen MR) is 62.0 cm³/mol. The van der Waals surface area contributed by atoms with Gasteiger partial charge in [-0.25, -0.2) is 0 Å². The van der Waals surface area contributed by atoms with Gasteiger partial charge in [-0.2, -0.15) is 16.8 Å². The SMILES string of the molecule is Nc1cc(S(=O)(=O)O)ccc1S(=O)(=O)O.[Na].[Na]. The Balaban J connectivity index is 0. The summed E-state index contributed by atoms with van der Waals surface area (Å²) in [6.07, 6.45) is 0. The summed E-state index contributed by atoms with van der Waals surface area (Å²) in [6, 6.07) is 2.33. The standard InChI is InChI=1S/C6H7NO6S2.2Na/c7-5-3-4(14(8,9)10)1-2-6(5)15(11,12)13;;/h1-3H,7H2,(H,8,9,10)(H,11,12,13);;. The number of hydrogen-bond acceptors (Lipinski definition) is 5. The summed E-state index contributed by atoms with van der Waals surface area (Å²) in [5.74, 6) is 0. The average molecular weight is 299 g/mol. The first-order valence-electron chi connectivity index (χ1n) is 3.47. The molecule has 4 N–H and O–H groups in total. The topological polar surface area (TPSA) is 135 Å². The summed E-state index contributed by atoms with van der Waals surface area (Å²) in [4.78, 5) is -1.16. The van der Waals surface area contributed by atoms with E-state index in [1.54, 1.807) is 0 Å². The van der Waals surface area contributed by atoms with E-state index in [2.05, 4.69) is 0 Å². The summed E-state index contributed by atoms with van der Waals surface area (Å²) in [7, 11) is -8.94. The maximum Gasteiger partial charge on any atom is 0.296 e. The van der Waals surface area contributed by atoms with E-state index in [-0.39, 0.29) is 59.1 Å². The molecular formula is C6H7NNa2O6S2. The minimum atomic E-state index is -4.50. The molecule has 0 heterocycles. The molecule has 0 saturated carbocycles. The molecule has 0 aliphatic heterocycles. The summed E-state index contributed by atoms with van der Waals surface area (Å²) in [5, 5.41) is 0. The van der Waals surface area contributed by atoms with Gasteiger partial charge in [-0.3, -0.25) is 9.11 Å². The van der Waals surface area contributed by atoms with Crippen LogP contribution in [0.2, 0.25) is 0 Å². The van der Waals surface area contributed by atoms with Crippen molar-refractivity contribution in [1.29, 1.82) is 0 Å². The summed E-state index contributed by atoms with van der Waals surface area (Å²) in [5.41, 5.74) is 4.72. The Morgan fingerprint density at radius 2 is 1.41 bits per heavy atom. The zero-order valence-corrected chi connectivity index (χ0v) is 14.8. The Morgan fingerprint density at radius 1 is 0.941 bits per heavy atom. The first-order valence-corrected chi connectivity index (χ1v) is 6.35. The van der Waals surface area contributed by atoms with E-state index in [4.69, 9.17) is 14.8 Å². The van der Waals surface area contributed by atoms with Crippen molar-refractivity contribution in [2.24, 2.45) is 0 Å². The summed E-state index contributed by atoms with van der Waals surface area (Å²) in [6.45, 7) is 0. The molecule has 0 unspecified atom stereocenters. The van der Waals surface area contributed by atoms with Gasteiger partial charge in [0.2, 0.25) is 0 Å². The third-order valence-corrected chi connectivity index (χ3v) is 3.33. The second-order valence-corrected chi connectivity index (χ2v) is 5.46. The van der Waals surface area contributed by atoms with Crippen molar-refractivity contribution in [3.8, 4) is 0 Å². The zero-order chi connectivity index (χ0) is 11.9. The fraction of sp³-hybridized carbons (Fsp3) is 0. The van der Waals surface area contributed by atoms with E-state index >= 15 is 0 Å². The van der Waals surface area contributed by atoms with Crippen LogP contribution in [0.25, 0.3) is 0 Å². The van der Waals surface area contributed by atoms with Gasteiger partial charge in [0.25, 0.3) is 20.2 Å². The van der Waals surface area contributed by atoms with Crippen molar-refractivity contribution in [2.75, 3.05) is 5.73 Å². The molecule has 0 spiro atoms. The van der Waals surface area contributed by atoms with Gasteiger partial charge in [0.05, 0.1) is 10.6 Å². The van der Waals surface area contributed by atoms with Crippen molar-refractivity contribution in [3.05, 3.63) is 18.2 Å². The van der Waals surface area contributed by atoms with Crippen molar-refractivity contribution in [2.45, 2.75) is 9.79 Å². The van der Waals surface area contributed by atoms with Crippen LogP contribution in [0.1, 0.15) is 0 Å². The van der Waals surface area contributed by atoms with Crippen LogP contribution in [-0.2, 0) is 20.2 Å². The molecule has 1 aromatic carbocycles. The molecule has 0 amide bonds. The van der Waals surface area contributed by atoms with Crippen LogP contribution < -0.4 is 5.73 Å². The van der Waals surface area contributed by atoms with Gasteiger partial charge in [0, 0.05) is 59.1 Å². The van der Waals surface area contributed by atoms with E-state index in [9.17, 15) is 16.8 Å². The molecule has 0 atom stereocenters. The third-order valence-electron chi connectivity index (χ3n) is 1.56. The molecule has 0 aromatic heterocycles. The van der Waals surface area contributed by atoms with Gasteiger partial charge >= 0.3 is 0 Å². The van der Waals surface area contributed by atoms with Crippen molar-refractivity contribution < 1.29 is 25.9 Å². The van der Waals surface area contributed by atoms with Crippen LogP contribution in [0.5, 0.6) is 0 Å². The van der Waals surface area contributed by atoms with Crippen LogP contribution >= 0.6 is 0 Å². The van der Waals surface area contributed by atoms with Gasteiger partial charge in [-0.1, -0.05) is 0 Å². The second kappa shape index (κ2) is 6.85. The molecule has 0 bridgehead atoms. The summed E-state index contributed by atoms with van der Waals surface area (Å²) >= 11 is 0. The molecule has 1 rings (SSSR count). The van der Waals surface area contributed by atoms with E-state index in [1.807, 2.05) is 0 Å². The fourth-order valence-electron chi connectivity index (χ4n) is 0.922. The fourth-order valence-corrected chi connectivity index (χ4v) is 2.03. The molecule has 0 aliphatic carbocycles. The quantitative estimate of drug-likeness (QED) is 0.362. The molecule has 11 heteroatoms. The van der Waals surface area contributed by atoms with E-state index in [0.717, 1.165) is 18.2 Å². The van der Waals surface area contributed by atoms with Gasteiger partial charge < -0.3 is 5.73 Å². The van der Waals surface area contributed by atoms with E-state index in [0.29, 0.717) is 0 Å². The Hall–Kier alpha value is 0.840. The normalized spacial score (nSPS) is 11.2. The monoisotopic (exact) mass is 299 g/mol. The largest absolute Gasteiger partial charge is 0.398 e. The Bertz CT molecular complexity index is 597. The number of nitrogen functional groups attached to an aromatic ring is 1. The van der Waals surface area contributed by atoms with Crippen LogP contribution in [0.4, 0.5) is 5.69 Å². The Labute approximate surface area is 143 Å². The molecule has 17 heavy (non-hydrogen) atoms.